The Morgan fingerprint density at radius 2 is 1.75 bits per heavy atom. The zero-order valence-corrected chi connectivity index (χ0v) is 10.4. The Morgan fingerprint density at radius 3 is 2.17 bits per heavy atom. The normalized spacial score (nSPS) is 10.3. The molecule has 0 aliphatic heterocycles. The van der Waals surface area contributed by atoms with Gasteiger partial charge in [0, 0.05) is 0 Å². The minimum absolute atomic E-state index is 0.841. The van der Waals surface area contributed by atoms with E-state index >= 15 is 0 Å². The number of benzene rings is 1. The van der Waals surface area contributed by atoms with Gasteiger partial charge in [-0.15, -0.1) is 0 Å². The fourth-order valence-electron chi connectivity index (χ4n) is 1.10. The van der Waals surface area contributed by atoms with Gasteiger partial charge in [0.15, 0.2) is 0 Å². The van der Waals surface area contributed by atoms with E-state index in [1.165, 1.54) is 9.93 Å². The molecule has 0 amide bonds. The van der Waals surface area contributed by atoms with Crippen LogP contribution in [0.5, 0.6) is 5.75 Å². The molecule has 0 heterocycles. The van der Waals surface area contributed by atoms with Crippen molar-refractivity contribution in [2.45, 2.75) is 14.1 Å². The molecule has 0 unspecified atom stereocenters. The molecule has 1 aromatic rings. The van der Waals surface area contributed by atoms with Crippen molar-refractivity contribution in [1.29, 1.82) is 0 Å². The molecular weight excluding hydrogens is 258 g/mol. The van der Waals surface area contributed by atoms with Crippen LogP contribution in [0.15, 0.2) is 24.3 Å². The van der Waals surface area contributed by atoms with Crippen molar-refractivity contribution in [1.82, 2.24) is 0 Å². The predicted molar refractivity (Wildman–Crippen MR) is 54.2 cm³/mol. The third-order valence-electron chi connectivity index (χ3n) is 1.66. The van der Waals surface area contributed by atoms with Crippen LogP contribution in [0.3, 0.4) is 0 Å². The molecule has 1 aromatic carbocycles. The molecule has 0 fully saturated rings. The standard InChI is InChI=1S/C8H9O.2CH3.Sb/c1-7-3-5-8(9-2)6-4-7;;;/h3-6H,1H2,2H3;2*1H3;. The Balaban J connectivity index is 2.65. The average Bonchev–Trinajstić information content (AvgIpc) is 2.05. The second-order valence-corrected chi connectivity index (χ2v) is 10.2. The summed E-state index contributed by atoms with van der Waals surface area (Å²) in [5.41, 5.74) is 1.46. The monoisotopic (exact) mass is 272 g/mol. The van der Waals surface area contributed by atoms with E-state index in [1.807, 2.05) is 12.1 Å². The van der Waals surface area contributed by atoms with E-state index in [9.17, 15) is 0 Å². The van der Waals surface area contributed by atoms with Gasteiger partial charge in [0.2, 0.25) is 0 Å². The third-order valence-corrected chi connectivity index (χ3v) is 4.51. The van der Waals surface area contributed by atoms with Gasteiger partial charge in [0.05, 0.1) is 0 Å². The van der Waals surface area contributed by atoms with Crippen LogP contribution in [0.25, 0.3) is 0 Å². The van der Waals surface area contributed by atoms with Gasteiger partial charge in [-0.3, -0.25) is 0 Å². The first-order valence-electron chi connectivity index (χ1n) is 4.00. The summed E-state index contributed by atoms with van der Waals surface area (Å²) in [4.78, 5) is 4.82. The van der Waals surface area contributed by atoms with Crippen molar-refractivity contribution in [3.63, 3.8) is 0 Å². The Morgan fingerprint density at radius 1 is 1.17 bits per heavy atom. The van der Waals surface area contributed by atoms with E-state index in [2.05, 4.69) is 21.9 Å². The second-order valence-electron chi connectivity index (χ2n) is 3.09. The van der Waals surface area contributed by atoms with E-state index in [1.54, 1.807) is 7.11 Å². The molecule has 0 spiro atoms. The molecule has 12 heavy (non-hydrogen) atoms. The molecule has 0 aromatic heterocycles. The van der Waals surface area contributed by atoms with Crippen molar-refractivity contribution < 1.29 is 4.74 Å². The third kappa shape index (κ3) is 3.06. The Labute approximate surface area is 81.7 Å². The molecule has 0 bridgehead atoms. The van der Waals surface area contributed by atoms with Crippen LogP contribution in [-0.2, 0) is 4.37 Å². The summed E-state index contributed by atoms with van der Waals surface area (Å²) in [5, 5.41) is 0. The first-order valence-corrected chi connectivity index (χ1v) is 10.9. The summed E-state index contributed by atoms with van der Waals surface area (Å²) in [7, 11) is 1.70. The second kappa shape index (κ2) is 4.76. The van der Waals surface area contributed by atoms with E-state index in [4.69, 9.17) is 4.74 Å². The van der Waals surface area contributed by atoms with Crippen LogP contribution in [0.2, 0.25) is 9.74 Å². The summed E-state index contributed by atoms with van der Waals surface area (Å²) < 4.78 is 6.42. The van der Waals surface area contributed by atoms with Crippen molar-refractivity contribution in [3.05, 3.63) is 29.8 Å². The van der Waals surface area contributed by atoms with Gasteiger partial charge in [0.25, 0.3) is 0 Å². The van der Waals surface area contributed by atoms with Crippen LogP contribution >= 0.6 is 0 Å². The summed E-state index contributed by atoms with van der Waals surface area (Å²) >= 11 is -0.841. The molecular formula is C10H15OSb. The van der Waals surface area contributed by atoms with Crippen LogP contribution in [0.1, 0.15) is 5.56 Å². The molecule has 0 radical (unpaired) electrons. The van der Waals surface area contributed by atoms with Gasteiger partial charge < -0.3 is 0 Å². The summed E-state index contributed by atoms with van der Waals surface area (Å²) in [5.74, 6) is 0.953. The molecule has 0 saturated carbocycles. The zero-order valence-electron chi connectivity index (χ0n) is 7.87. The van der Waals surface area contributed by atoms with Crippen molar-refractivity contribution in [2.75, 3.05) is 7.11 Å². The van der Waals surface area contributed by atoms with Gasteiger partial charge in [-0.1, -0.05) is 0 Å². The summed E-state index contributed by atoms with van der Waals surface area (Å²) in [6.45, 7) is 0. The molecule has 0 aliphatic rings. The van der Waals surface area contributed by atoms with Gasteiger partial charge in [0.1, 0.15) is 0 Å². The predicted octanol–water partition coefficient (Wildman–Crippen LogP) is 2.53. The van der Waals surface area contributed by atoms with E-state index in [0.29, 0.717) is 0 Å². The van der Waals surface area contributed by atoms with Gasteiger partial charge in [-0.2, -0.15) is 0 Å². The Hall–Kier alpha value is -0.162. The summed E-state index contributed by atoms with van der Waals surface area (Å²) in [6.07, 6.45) is 0. The topological polar surface area (TPSA) is 9.23 Å². The van der Waals surface area contributed by atoms with Gasteiger partial charge >= 0.3 is 81.7 Å². The Kier molecular flexibility index (Phi) is 3.94. The van der Waals surface area contributed by atoms with Gasteiger partial charge in [-0.25, -0.2) is 0 Å². The van der Waals surface area contributed by atoms with Crippen molar-refractivity contribution in [3.8, 4) is 5.75 Å². The first-order chi connectivity index (χ1) is 5.72. The molecule has 0 N–H and O–H groups in total. The van der Waals surface area contributed by atoms with E-state index in [-0.39, 0.29) is 0 Å². The quantitative estimate of drug-likeness (QED) is 0.769. The maximum absolute atomic E-state index is 5.09. The summed E-state index contributed by atoms with van der Waals surface area (Å²) in [6, 6.07) is 8.42. The van der Waals surface area contributed by atoms with Crippen molar-refractivity contribution >= 4 is 20.2 Å². The Bertz CT molecular complexity index is 228. The fraction of sp³-hybridized carbons (Fsp3) is 0.400. The number of rotatable bonds is 3. The average molecular weight is 273 g/mol. The van der Waals surface area contributed by atoms with Gasteiger partial charge in [-0.05, 0) is 0 Å². The first kappa shape index (κ1) is 9.92. The number of hydrogen-bond acceptors (Lipinski definition) is 1. The maximum atomic E-state index is 5.09. The van der Waals surface area contributed by atoms with Crippen molar-refractivity contribution in [2.24, 2.45) is 0 Å². The zero-order chi connectivity index (χ0) is 8.97. The molecule has 2 heteroatoms. The van der Waals surface area contributed by atoms with E-state index < -0.39 is 20.2 Å². The fourth-order valence-corrected chi connectivity index (χ4v) is 3.78. The molecule has 0 atom stereocenters. The molecule has 1 rings (SSSR count). The van der Waals surface area contributed by atoms with E-state index in [0.717, 1.165) is 5.75 Å². The molecule has 1 nitrogen and oxygen atoms in total. The minimum atomic E-state index is -0.841. The van der Waals surface area contributed by atoms with Crippen LogP contribution in [0.4, 0.5) is 0 Å². The molecule has 66 valence electrons. The van der Waals surface area contributed by atoms with Crippen LogP contribution in [0, 0.1) is 0 Å². The number of hydrogen-bond donors (Lipinski definition) is 0. The number of methoxy groups -OCH3 is 1. The number of ether oxygens (including phenoxy) is 1. The molecule has 0 saturated heterocycles. The SMILES string of the molecule is COc1ccc([CH2][Sb]([CH3])[CH3])cc1. The van der Waals surface area contributed by atoms with Crippen LogP contribution < -0.4 is 4.74 Å². The van der Waals surface area contributed by atoms with Crippen LogP contribution in [-0.4, -0.2) is 27.3 Å². The molecule has 0 aliphatic carbocycles.